The maximum absolute atomic E-state index is 13.2. The van der Waals surface area contributed by atoms with Crippen molar-refractivity contribution in [3.05, 3.63) is 11.9 Å². The smallest absolute Gasteiger partial charge is 0.200 e. The number of allylic oxidation sites excluding steroid dienone is 1. The first-order chi connectivity index (χ1) is 11.9. The van der Waals surface area contributed by atoms with Gasteiger partial charge < -0.3 is 0 Å². The molecule has 17 heteroatoms. The van der Waals surface area contributed by atoms with Crippen molar-refractivity contribution in [3.63, 3.8) is 0 Å². The van der Waals surface area contributed by atoms with Crippen molar-refractivity contribution in [2.24, 2.45) is 0 Å². The normalized spacial score (nSPS) is 15.6. The van der Waals surface area contributed by atoms with Gasteiger partial charge in [0.05, 0.1) is 0 Å². The van der Waals surface area contributed by atoms with Crippen LogP contribution in [0.3, 0.4) is 0 Å². The van der Waals surface area contributed by atoms with Gasteiger partial charge in [0, 0.05) is 6.42 Å². The van der Waals surface area contributed by atoms with Crippen molar-refractivity contribution in [1.29, 1.82) is 0 Å². The minimum atomic E-state index is -8.44. The Morgan fingerprint density at radius 2 is 0.786 bits per heavy atom. The van der Waals surface area contributed by atoms with E-state index in [0.717, 1.165) is 0 Å². The zero-order valence-electron chi connectivity index (χ0n) is 12.6. The molecule has 0 amide bonds. The minimum absolute atomic E-state index is 0.0484. The van der Waals surface area contributed by atoms with Crippen LogP contribution in [0.2, 0.25) is 0 Å². The topological polar surface area (TPSA) is 0 Å². The molecule has 28 heavy (non-hydrogen) atoms. The summed E-state index contributed by atoms with van der Waals surface area (Å²) < 4.78 is 218. The fourth-order valence-corrected chi connectivity index (χ4v) is 1.50. The molecule has 168 valence electrons. The molecule has 0 saturated heterocycles. The molecule has 0 radical (unpaired) electrons. The Bertz CT molecular complexity index is 609. The molecule has 0 N–H and O–H groups in total. The predicted octanol–water partition coefficient (Wildman–Crippen LogP) is 6.92. The molecule has 0 fully saturated rings. The summed E-state index contributed by atoms with van der Waals surface area (Å²) in [6.45, 7) is -0.0484. The summed E-state index contributed by atoms with van der Waals surface area (Å²) in [5.41, 5.74) is 0. The van der Waals surface area contributed by atoms with E-state index >= 15 is 0 Å². The lowest BCUT2D eigenvalue weighted by Gasteiger charge is -2.42. The van der Waals surface area contributed by atoms with Crippen LogP contribution in [0.25, 0.3) is 0 Å². The predicted molar refractivity (Wildman–Crippen MR) is 55.3 cm³/mol. The van der Waals surface area contributed by atoms with Gasteiger partial charge in [0.1, 0.15) is 0 Å². The Labute approximate surface area is 143 Å². The lowest BCUT2D eigenvalue weighted by atomic mass is 9.88. The van der Waals surface area contributed by atoms with E-state index in [9.17, 15) is 74.6 Å². The largest absolute Gasteiger partial charge is 0.385 e. The molecule has 0 aromatic carbocycles. The van der Waals surface area contributed by atoms with E-state index < -0.39 is 59.8 Å². The zero-order chi connectivity index (χ0) is 23.4. The SMILES string of the molecule is CCC(F)(F)C(F)(F)C(F)(F)C(F)(F)C(F)(F)C(F)(F)C(F)(F)C(F)=C(F)F. The second-order valence-electron chi connectivity index (χ2n) is 5.08. The molecule has 0 aliphatic carbocycles. The number of halogens is 17. The number of hydrogen-bond acceptors (Lipinski definition) is 0. The van der Waals surface area contributed by atoms with Crippen LogP contribution in [-0.4, -0.2) is 41.5 Å². The monoisotopic (exact) mass is 460 g/mol. The lowest BCUT2D eigenvalue weighted by molar-refractivity contribution is -0.439. The van der Waals surface area contributed by atoms with E-state index in [2.05, 4.69) is 0 Å². The molecule has 0 aliphatic rings. The van der Waals surface area contributed by atoms with Crippen LogP contribution < -0.4 is 0 Å². The highest BCUT2D eigenvalue weighted by Crippen LogP contribution is 2.63. The molecule has 0 rings (SSSR count). The fraction of sp³-hybridized carbons (Fsp3) is 0.818. The van der Waals surface area contributed by atoms with Gasteiger partial charge in [-0.3, -0.25) is 0 Å². The molecule has 0 spiro atoms. The fourth-order valence-electron chi connectivity index (χ4n) is 1.50. The van der Waals surface area contributed by atoms with Gasteiger partial charge in [0.15, 0.2) is 0 Å². The third-order valence-electron chi connectivity index (χ3n) is 3.32. The van der Waals surface area contributed by atoms with E-state index in [1.165, 1.54) is 0 Å². The third-order valence-corrected chi connectivity index (χ3v) is 3.32. The Morgan fingerprint density at radius 1 is 0.500 bits per heavy atom. The summed E-state index contributed by atoms with van der Waals surface area (Å²) >= 11 is 0. The first-order valence-electron chi connectivity index (χ1n) is 6.27. The van der Waals surface area contributed by atoms with Crippen LogP contribution in [-0.2, 0) is 0 Å². The van der Waals surface area contributed by atoms with Gasteiger partial charge in [-0.25, -0.2) is 0 Å². The molecular formula is C11H5F17. The number of alkyl halides is 14. The summed E-state index contributed by atoms with van der Waals surface area (Å²) in [5.74, 6) is -59.4. The standard InChI is InChI=1S/C11H5F17/c1-2-5(15,16)7(19,20)9(23,24)11(27,28)10(25,26)8(21,22)6(17,18)3(12)4(13)14/h2H2,1H3. The molecule has 0 aromatic rings. The minimum Gasteiger partial charge on any atom is -0.200 e. The van der Waals surface area contributed by atoms with Gasteiger partial charge in [-0.1, -0.05) is 6.92 Å². The summed E-state index contributed by atoms with van der Waals surface area (Å²) in [6, 6.07) is 0. The van der Waals surface area contributed by atoms with Crippen LogP contribution in [0.1, 0.15) is 13.3 Å². The van der Waals surface area contributed by atoms with Crippen molar-refractivity contribution in [1.82, 2.24) is 0 Å². The van der Waals surface area contributed by atoms with Crippen LogP contribution in [0.15, 0.2) is 11.9 Å². The molecule has 0 aliphatic heterocycles. The molecule has 0 saturated carbocycles. The maximum Gasteiger partial charge on any atom is 0.385 e. The van der Waals surface area contributed by atoms with Gasteiger partial charge in [0.2, 0.25) is 5.83 Å². The molecule has 0 bridgehead atoms. The van der Waals surface area contributed by atoms with Crippen LogP contribution in [0, 0.1) is 0 Å². The maximum atomic E-state index is 13.2. The number of rotatable bonds is 8. The van der Waals surface area contributed by atoms with E-state index in [1.54, 1.807) is 0 Å². The molecule has 0 atom stereocenters. The zero-order valence-corrected chi connectivity index (χ0v) is 12.6. The van der Waals surface area contributed by atoms with Crippen LogP contribution in [0.5, 0.6) is 0 Å². The van der Waals surface area contributed by atoms with Crippen LogP contribution >= 0.6 is 0 Å². The van der Waals surface area contributed by atoms with Gasteiger partial charge in [0.25, 0.3) is 0 Å². The van der Waals surface area contributed by atoms with E-state index in [4.69, 9.17) is 0 Å². The highest BCUT2D eigenvalue weighted by Gasteiger charge is 2.93. The Hall–Kier alpha value is -1.45. The average molecular weight is 460 g/mol. The summed E-state index contributed by atoms with van der Waals surface area (Å²) in [4.78, 5) is 0. The van der Waals surface area contributed by atoms with Gasteiger partial charge in [-0.2, -0.15) is 74.6 Å². The van der Waals surface area contributed by atoms with Crippen molar-refractivity contribution in [2.75, 3.05) is 0 Å². The quantitative estimate of drug-likeness (QED) is 0.345. The molecule has 0 nitrogen and oxygen atoms in total. The summed E-state index contributed by atoms with van der Waals surface area (Å²) in [5, 5.41) is 0. The molecule has 0 aromatic heterocycles. The highest BCUT2D eigenvalue weighted by atomic mass is 19.4. The summed E-state index contributed by atoms with van der Waals surface area (Å²) in [6.07, 6.45) is -6.91. The van der Waals surface area contributed by atoms with Gasteiger partial charge in [-0.15, -0.1) is 0 Å². The summed E-state index contributed by atoms with van der Waals surface area (Å²) in [7, 11) is 0. The Morgan fingerprint density at radius 3 is 1.07 bits per heavy atom. The molecule has 0 unspecified atom stereocenters. The lowest BCUT2D eigenvalue weighted by Crippen LogP contribution is -2.73. The Kier molecular flexibility index (Phi) is 6.46. The van der Waals surface area contributed by atoms with Crippen molar-refractivity contribution >= 4 is 0 Å². The van der Waals surface area contributed by atoms with Crippen molar-refractivity contribution in [2.45, 2.75) is 54.8 Å². The number of hydrogen-bond donors (Lipinski definition) is 0. The van der Waals surface area contributed by atoms with Crippen LogP contribution in [0.4, 0.5) is 74.6 Å². The first-order valence-corrected chi connectivity index (χ1v) is 6.27. The average Bonchev–Trinajstić information content (AvgIpc) is 2.52. The van der Waals surface area contributed by atoms with Crippen molar-refractivity contribution < 1.29 is 74.6 Å². The second kappa shape index (κ2) is 6.81. The van der Waals surface area contributed by atoms with Crippen molar-refractivity contribution in [3.8, 4) is 0 Å². The highest BCUT2D eigenvalue weighted by molar-refractivity contribution is 5.20. The van der Waals surface area contributed by atoms with Gasteiger partial charge >= 0.3 is 47.5 Å². The second-order valence-corrected chi connectivity index (χ2v) is 5.08. The van der Waals surface area contributed by atoms with E-state index in [-0.39, 0.29) is 6.92 Å². The molecule has 0 heterocycles. The van der Waals surface area contributed by atoms with Gasteiger partial charge in [-0.05, 0) is 0 Å². The van der Waals surface area contributed by atoms with E-state index in [0.29, 0.717) is 0 Å². The molecular weight excluding hydrogens is 455 g/mol. The van der Waals surface area contributed by atoms with E-state index in [1.807, 2.05) is 0 Å². The third kappa shape index (κ3) is 3.17. The first kappa shape index (κ1) is 26.6. The Balaban J connectivity index is 6.73.